The molecule has 0 saturated heterocycles. The van der Waals surface area contributed by atoms with Crippen molar-refractivity contribution in [2.75, 3.05) is 37.4 Å². The predicted molar refractivity (Wildman–Crippen MR) is 144 cm³/mol. The highest BCUT2D eigenvalue weighted by Gasteiger charge is 2.32. The summed E-state index contributed by atoms with van der Waals surface area (Å²) in [5, 5.41) is 15.0. The van der Waals surface area contributed by atoms with E-state index in [-0.39, 0.29) is 49.7 Å². The topological polar surface area (TPSA) is 111 Å². The van der Waals surface area contributed by atoms with Crippen molar-refractivity contribution >= 4 is 29.2 Å². The number of hydrogen-bond donors (Lipinski definition) is 3. The molecule has 0 aliphatic carbocycles. The summed E-state index contributed by atoms with van der Waals surface area (Å²) in [6.07, 6.45) is -7.10. The molecule has 40 heavy (non-hydrogen) atoms. The minimum absolute atomic E-state index is 0.115. The fourth-order valence-electron chi connectivity index (χ4n) is 4.30. The number of nitrogens with zero attached hydrogens (tertiary/aromatic N) is 2. The van der Waals surface area contributed by atoms with Crippen LogP contribution < -0.4 is 15.4 Å². The van der Waals surface area contributed by atoms with E-state index in [1.807, 2.05) is 13.0 Å². The quantitative estimate of drug-likeness (QED) is 0.443. The number of alkyl halides is 3. The number of aliphatic hydroxyl groups is 1. The molecule has 9 nitrogen and oxygen atoms in total. The van der Waals surface area contributed by atoms with Crippen molar-refractivity contribution in [2.24, 2.45) is 5.92 Å². The molecule has 0 fully saturated rings. The van der Waals surface area contributed by atoms with Gasteiger partial charge in [-0.3, -0.25) is 9.59 Å². The molecule has 218 valence electrons. The van der Waals surface area contributed by atoms with Crippen molar-refractivity contribution in [1.82, 2.24) is 9.80 Å². The molecule has 12 heteroatoms. The van der Waals surface area contributed by atoms with Crippen LogP contribution in [0.15, 0.2) is 48.5 Å². The minimum atomic E-state index is -4.45. The first kappa shape index (κ1) is 30.7. The van der Waals surface area contributed by atoms with E-state index >= 15 is 0 Å². The fourth-order valence-corrected chi connectivity index (χ4v) is 4.30. The summed E-state index contributed by atoms with van der Waals surface area (Å²) in [5.74, 6) is -0.984. The lowest BCUT2D eigenvalue weighted by atomic mass is 10.0. The van der Waals surface area contributed by atoms with Crippen LogP contribution in [0.25, 0.3) is 0 Å². The van der Waals surface area contributed by atoms with Gasteiger partial charge < -0.3 is 30.3 Å². The minimum Gasteiger partial charge on any atom is -0.488 e. The van der Waals surface area contributed by atoms with E-state index in [9.17, 15) is 32.7 Å². The van der Waals surface area contributed by atoms with Crippen LogP contribution >= 0.6 is 0 Å². The Hall–Kier alpha value is -3.80. The fraction of sp³-hybridized carbons (Fsp3) is 0.464. The first-order valence-electron chi connectivity index (χ1n) is 13.0. The molecular weight excluding hydrogens is 529 g/mol. The molecule has 3 atom stereocenters. The number of likely N-dealkylation sites (N-methyl/N-ethyl adjacent to an activating group) is 1. The molecule has 1 heterocycles. The lowest BCUT2D eigenvalue weighted by Crippen LogP contribution is -2.48. The summed E-state index contributed by atoms with van der Waals surface area (Å²) >= 11 is 0. The van der Waals surface area contributed by atoms with Crippen molar-refractivity contribution in [2.45, 2.75) is 51.4 Å². The maximum atomic E-state index is 13.3. The van der Waals surface area contributed by atoms with E-state index in [0.29, 0.717) is 17.0 Å². The van der Waals surface area contributed by atoms with Crippen LogP contribution in [0.1, 0.15) is 32.3 Å². The van der Waals surface area contributed by atoms with Gasteiger partial charge in [-0.1, -0.05) is 25.1 Å². The Bertz CT molecular complexity index is 1180. The summed E-state index contributed by atoms with van der Waals surface area (Å²) in [5.41, 5.74) is 1.28. The molecule has 2 aromatic rings. The summed E-state index contributed by atoms with van der Waals surface area (Å²) in [6, 6.07) is 12.7. The Morgan fingerprint density at radius 2 is 1.85 bits per heavy atom. The van der Waals surface area contributed by atoms with Crippen LogP contribution in [-0.4, -0.2) is 77.8 Å². The molecule has 0 aromatic heterocycles. The number of carbonyl (C=O) groups excluding carboxylic acids is 3. The van der Waals surface area contributed by atoms with Gasteiger partial charge in [0.25, 0.3) is 0 Å². The molecular formula is C28H35F3N4O5. The van der Waals surface area contributed by atoms with Gasteiger partial charge in [-0.05, 0) is 37.3 Å². The SMILES string of the molecule is C[C@@H]1CN([C@H](C)CO)C(=O)Cc2cc(NC(=O)CCC(F)(F)F)ccc2O[C@@H]1CN(C)C(=O)Nc1ccccc1. The number of carbonyl (C=O) groups is 3. The van der Waals surface area contributed by atoms with Crippen molar-refractivity contribution in [3.05, 3.63) is 54.1 Å². The summed E-state index contributed by atoms with van der Waals surface area (Å²) in [7, 11) is 1.63. The molecule has 0 unspecified atom stereocenters. The number of nitrogens with one attached hydrogen (secondary N) is 2. The van der Waals surface area contributed by atoms with E-state index < -0.39 is 37.1 Å². The largest absolute Gasteiger partial charge is 0.488 e. The predicted octanol–water partition coefficient (Wildman–Crippen LogP) is 4.28. The maximum absolute atomic E-state index is 13.3. The first-order valence-corrected chi connectivity index (χ1v) is 13.0. The number of fused-ring (bicyclic) bond motifs is 1. The Balaban J connectivity index is 1.84. The number of rotatable bonds is 8. The Morgan fingerprint density at radius 3 is 2.50 bits per heavy atom. The van der Waals surface area contributed by atoms with Crippen LogP contribution in [0.4, 0.5) is 29.3 Å². The van der Waals surface area contributed by atoms with E-state index in [1.54, 1.807) is 49.2 Å². The van der Waals surface area contributed by atoms with Crippen molar-refractivity contribution in [3.8, 4) is 5.75 Å². The van der Waals surface area contributed by atoms with Crippen LogP contribution in [-0.2, 0) is 16.0 Å². The third kappa shape index (κ3) is 8.87. The molecule has 2 aromatic carbocycles. The zero-order chi connectivity index (χ0) is 29.4. The number of urea groups is 1. The number of amides is 4. The van der Waals surface area contributed by atoms with E-state index in [2.05, 4.69) is 10.6 Å². The second-order valence-corrected chi connectivity index (χ2v) is 10.1. The summed E-state index contributed by atoms with van der Waals surface area (Å²) < 4.78 is 43.9. The van der Waals surface area contributed by atoms with Gasteiger partial charge >= 0.3 is 12.2 Å². The van der Waals surface area contributed by atoms with E-state index in [1.165, 1.54) is 17.0 Å². The highest BCUT2D eigenvalue weighted by Crippen LogP contribution is 2.30. The zero-order valence-electron chi connectivity index (χ0n) is 22.7. The molecule has 3 rings (SSSR count). The van der Waals surface area contributed by atoms with Crippen LogP contribution in [0.5, 0.6) is 5.75 Å². The zero-order valence-corrected chi connectivity index (χ0v) is 22.7. The van der Waals surface area contributed by atoms with Crippen LogP contribution in [0.2, 0.25) is 0 Å². The molecule has 1 aliphatic heterocycles. The van der Waals surface area contributed by atoms with Gasteiger partial charge in [-0.15, -0.1) is 0 Å². The molecule has 0 saturated carbocycles. The van der Waals surface area contributed by atoms with Gasteiger partial charge in [0.1, 0.15) is 11.9 Å². The van der Waals surface area contributed by atoms with Crippen molar-refractivity contribution in [1.29, 1.82) is 0 Å². The van der Waals surface area contributed by atoms with Crippen molar-refractivity contribution in [3.63, 3.8) is 0 Å². The average Bonchev–Trinajstić information content (AvgIpc) is 2.94. The molecule has 0 radical (unpaired) electrons. The number of benzene rings is 2. The molecule has 4 amide bonds. The van der Waals surface area contributed by atoms with Gasteiger partial charge in [0, 0.05) is 42.9 Å². The Kier molecular flexibility index (Phi) is 10.4. The number of hydrogen-bond acceptors (Lipinski definition) is 5. The standard InChI is InChI=1S/C28H35F3N4O5/c1-18-15-35(19(2)17-36)26(38)14-20-13-22(32-25(37)11-12-28(29,30)31)9-10-23(20)40-24(18)16-34(3)27(39)33-21-7-5-4-6-8-21/h4-10,13,18-19,24,36H,11-12,14-17H2,1-3H3,(H,32,37)(H,33,39)/t18-,19-,24-/m1/s1. The Morgan fingerprint density at radius 1 is 1.15 bits per heavy atom. The second-order valence-electron chi connectivity index (χ2n) is 10.1. The van der Waals surface area contributed by atoms with Crippen LogP contribution in [0, 0.1) is 5.92 Å². The first-order chi connectivity index (χ1) is 18.9. The van der Waals surface area contributed by atoms with E-state index in [0.717, 1.165) is 0 Å². The molecule has 3 N–H and O–H groups in total. The number of halogens is 3. The highest BCUT2D eigenvalue weighted by atomic mass is 19.4. The number of ether oxygens (including phenoxy) is 1. The summed E-state index contributed by atoms with van der Waals surface area (Å²) in [4.78, 5) is 41.2. The smallest absolute Gasteiger partial charge is 0.389 e. The van der Waals surface area contributed by atoms with Crippen molar-refractivity contribution < 1.29 is 37.4 Å². The number of aliphatic hydroxyl groups excluding tert-OH is 1. The van der Waals surface area contributed by atoms with Crippen LogP contribution in [0.3, 0.4) is 0 Å². The van der Waals surface area contributed by atoms with Gasteiger partial charge in [-0.2, -0.15) is 13.2 Å². The van der Waals surface area contributed by atoms with Gasteiger partial charge in [-0.25, -0.2) is 4.79 Å². The Labute approximate surface area is 231 Å². The second kappa shape index (κ2) is 13.5. The number of anilines is 2. The molecule has 1 aliphatic rings. The molecule has 0 bridgehead atoms. The average molecular weight is 565 g/mol. The van der Waals surface area contributed by atoms with Gasteiger partial charge in [0.15, 0.2) is 0 Å². The summed E-state index contributed by atoms with van der Waals surface area (Å²) in [6.45, 7) is 3.78. The van der Waals surface area contributed by atoms with Gasteiger partial charge in [0.05, 0.1) is 32.0 Å². The normalized spacial score (nSPS) is 18.4. The monoisotopic (exact) mass is 564 g/mol. The lowest BCUT2D eigenvalue weighted by molar-refractivity contribution is -0.142. The highest BCUT2D eigenvalue weighted by molar-refractivity contribution is 5.91. The third-order valence-corrected chi connectivity index (χ3v) is 6.66. The number of para-hydroxylation sites is 1. The lowest BCUT2D eigenvalue weighted by Gasteiger charge is -2.34. The van der Waals surface area contributed by atoms with E-state index in [4.69, 9.17) is 4.74 Å². The molecule has 0 spiro atoms. The third-order valence-electron chi connectivity index (χ3n) is 6.66. The maximum Gasteiger partial charge on any atom is 0.389 e. The van der Waals surface area contributed by atoms with Gasteiger partial charge in [0.2, 0.25) is 11.8 Å².